The zero-order chi connectivity index (χ0) is 14.8. The van der Waals surface area contributed by atoms with Crippen LogP contribution < -0.4 is 5.32 Å². The topological polar surface area (TPSA) is 15.3 Å². The Hall–Kier alpha value is -0.0800. The van der Waals surface area contributed by atoms with Crippen LogP contribution in [0.25, 0.3) is 0 Å². The van der Waals surface area contributed by atoms with Gasteiger partial charge in [0.15, 0.2) is 0 Å². The minimum atomic E-state index is 0.367. The Morgan fingerprint density at radius 1 is 1.20 bits per heavy atom. The van der Waals surface area contributed by atoms with Crippen molar-refractivity contribution in [1.82, 2.24) is 10.2 Å². The van der Waals surface area contributed by atoms with E-state index in [1.54, 1.807) is 0 Å². The average molecular weight is 280 g/mol. The van der Waals surface area contributed by atoms with Gasteiger partial charge < -0.3 is 5.32 Å². The average Bonchev–Trinajstić information content (AvgIpc) is 2.46. The van der Waals surface area contributed by atoms with Gasteiger partial charge in [-0.2, -0.15) is 0 Å². The zero-order valence-corrected chi connectivity index (χ0v) is 14.4. The summed E-state index contributed by atoms with van der Waals surface area (Å²) < 4.78 is 0. The molecule has 3 unspecified atom stereocenters. The van der Waals surface area contributed by atoms with Gasteiger partial charge in [0, 0.05) is 30.7 Å². The lowest BCUT2D eigenvalue weighted by atomic mass is 9.80. The molecule has 0 aromatic rings. The van der Waals surface area contributed by atoms with Crippen molar-refractivity contribution in [3.8, 4) is 0 Å². The molecule has 2 aliphatic rings. The monoisotopic (exact) mass is 280 g/mol. The molecule has 0 radical (unpaired) electrons. The molecule has 0 aromatic heterocycles. The first-order valence-electron chi connectivity index (χ1n) is 9.02. The van der Waals surface area contributed by atoms with Crippen LogP contribution in [0.5, 0.6) is 0 Å². The van der Waals surface area contributed by atoms with Gasteiger partial charge in [-0.3, -0.25) is 4.90 Å². The summed E-state index contributed by atoms with van der Waals surface area (Å²) in [4.78, 5) is 2.91. The van der Waals surface area contributed by atoms with Gasteiger partial charge in [-0.25, -0.2) is 0 Å². The quantitative estimate of drug-likeness (QED) is 0.835. The van der Waals surface area contributed by atoms with Crippen molar-refractivity contribution in [3.05, 3.63) is 0 Å². The Morgan fingerprint density at radius 2 is 1.90 bits per heavy atom. The molecule has 3 atom stereocenters. The van der Waals surface area contributed by atoms with Crippen LogP contribution in [0, 0.1) is 11.8 Å². The lowest BCUT2D eigenvalue weighted by molar-refractivity contribution is -0.00160. The third-order valence-electron chi connectivity index (χ3n) is 6.10. The summed E-state index contributed by atoms with van der Waals surface area (Å²) in [5.74, 6) is 1.68. The van der Waals surface area contributed by atoms with Gasteiger partial charge >= 0.3 is 0 Å². The van der Waals surface area contributed by atoms with E-state index in [9.17, 15) is 0 Å². The molecule has 20 heavy (non-hydrogen) atoms. The van der Waals surface area contributed by atoms with Crippen molar-refractivity contribution in [2.45, 2.75) is 90.8 Å². The molecule has 2 rings (SSSR count). The highest BCUT2D eigenvalue weighted by molar-refractivity contribution is 5.00. The standard InChI is InChI=1S/C18H36N2/c1-6-18(7-2)13-20(17(12-19-18)14(3)4)16-10-8-9-15(5)11-16/h14-17,19H,6-13H2,1-5H3. The molecule has 0 aromatic carbocycles. The van der Waals surface area contributed by atoms with Crippen LogP contribution in [-0.2, 0) is 0 Å². The molecule has 2 heteroatoms. The minimum Gasteiger partial charge on any atom is -0.308 e. The van der Waals surface area contributed by atoms with Gasteiger partial charge in [0.25, 0.3) is 0 Å². The summed E-state index contributed by atoms with van der Waals surface area (Å²) in [5, 5.41) is 3.90. The first-order valence-corrected chi connectivity index (χ1v) is 9.02. The van der Waals surface area contributed by atoms with E-state index in [4.69, 9.17) is 0 Å². The fourth-order valence-electron chi connectivity index (χ4n) is 4.41. The summed E-state index contributed by atoms with van der Waals surface area (Å²) in [6.07, 6.45) is 8.25. The van der Waals surface area contributed by atoms with Crippen molar-refractivity contribution in [1.29, 1.82) is 0 Å². The van der Waals surface area contributed by atoms with Gasteiger partial charge in [-0.15, -0.1) is 0 Å². The maximum Gasteiger partial charge on any atom is 0.0304 e. The van der Waals surface area contributed by atoms with E-state index >= 15 is 0 Å². The van der Waals surface area contributed by atoms with Crippen LogP contribution in [-0.4, -0.2) is 35.6 Å². The van der Waals surface area contributed by atoms with E-state index in [0.717, 1.165) is 23.9 Å². The van der Waals surface area contributed by atoms with E-state index in [1.807, 2.05) is 0 Å². The minimum absolute atomic E-state index is 0.367. The van der Waals surface area contributed by atoms with Crippen LogP contribution in [0.2, 0.25) is 0 Å². The smallest absolute Gasteiger partial charge is 0.0304 e. The lowest BCUT2D eigenvalue weighted by Gasteiger charge is -2.53. The largest absolute Gasteiger partial charge is 0.308 e. The van der Waals surface area contributed by atoms with E-state index in [2.05, 4.69) is 44.8 Å². The molecule has 1 saturated heterocycles. The Bertz CT molecular complexity index is 296. The van der Waals surface area contributed by atoms with E-state index in [-0.39, 0.29) is 0 Å². The number of hydrogen-bond donors (Lipinski definition) is 1. The second-order valence-electron chi connectivity index (χ2n) is 7.78. The van der Waals surface area contributed by atoms with E-state index in [1.165, 1.54) is 51.6 Å². The zero-order valence-electron chi connectivity index (χ0n) is 14.4. The van der Waals surface area contributed by atoms with Crippen molar-refractivity contribution in [3.63, 3.8) is 0 Å². The lowest BCUT2D eigenvalue weighted by Crippen LogP contribution is -2.67. The van der Waals surface area contributed by atoms with Gasteiger partial charge in [-0.1, -0.05) is 47.5 Å². The summed E-state index contributed by atoms with van der Waals surface area (Å²) in [6, 6.07) is 1.57. The number of nitrogens with zero attached hydrogens (tertiary/aromatic N) is 1. The van der Waals surface area contributed by atoms with Gasteiger partial charge in [0.2, 0.25) is 0 Å². The second kappa shape index (κ2) is 6.79. The van der Waals surface area contributed by atoms with Crippen molar-refractivity contribution in [2.24, 2.45) is 11.8 Å². The summed E-state index contributed by atoms with van der Waals surface area (Å²) in [6.45, 7) is 14.4. The highest BCUT2D eigenvalue weighted by atomic mass is 15.3. The third-order valence-corrected chi connectivity index (χ3v) is 6.10. The van der Waals surface area contributed by atoms with E-state index in [0.29, 0.717) is 5.54 Å². The second-order valence-corrected chi connectivity index (χ2v) is 7.78. The molecule has 1 N–H and O–H groups in total. The number of rotatable bonds is 4. The predicted octanol–water partition coefficient (Wildman–Crippen LogP) is 4.05. The molecule has 1 saturated carbocycles. The molecule has 1 aliphatic carbocycles. The maximum absolute atomic E-state index is 3.90. The summed E-state index contributed by atoms with van der Waals surface area (Å²) in [7, 11) is 0. The molecule has 0 bridgehead atoms. The fourth-order valence-corrected chi connectivity index (χ4v) is 4.41. The number of nitrogens with one attached hydrogen (secondary N) is 1. The molecule has 118 valence electrons. The first kappa shape index (κ1) is 16.3. The van der Waals surface area contributed by atoms with Gasteiger partial charge in [0.1, 0.15) is 0 Å². The van der Waals surface area contributed by atoms with Crippen LogP contribution in [0.4, 0.5) is 0 Å². The highest BCUT2D eigenvalue weighted by Crippen LogP contribution is 2.34. The van der Waals surface area contributed by atoms with Gasteiger partial charge in [-0.05, 0) is 37.5 Å². The molecular weight excluding hydrogens is 244 g/mol. The molecule has 2 fully saturated rings. The molecule has 1 aliphatic heterocycles. The number of hydrogen-bond acceptors (Lipinski definition) is 2. The van der Waals surface area contributed by atoms with E-state index < -0.39 is 0 Å². The van der Waals surface area contributed by atoms with Crippen molar-refractivity contribution < 1.29 is 0 Å². The van der Waals surface area contributed by atoms with Crippen LogP contribution in [0.15, 0.2) is 0 Å². The number of piperazine rings is 1. The fraction of sp³-hybridized carbons (Fsp3) is 1.00. The highest BCUT2D eigenvalue weighted by Gasteiger charge is 2.41. The SMILES string of the molecule is CCC1(CC)CN(C2CCCC(C)C2)C(C(C)C)CN1. The Morgan fingerprint density at radius 3 is 2.45 bits per heavy atom. The van der Waals surface area contributed by atoms with Crippen LogP contribution in [0.3, 0.4) is 0 Å². The molecule has 2 nitrogen and oxygen atoms in total. The third kappa shape index (κ3) is 3.39. The van der Waals surface area contributed by atoms with Crippen molar-refractivity contribution in [2.75, 3.05) is 13.1 Å². The normalized spacial score (nSPS) is 35.4. The Labute approximate surface area is 126 Å². The van der Waals surface area contributed by atoms with Crippen molar-refractivity contribution >= 4 is 0 Å². The van der Waals surface area contributed by atoms with Crippen LogP contribution >= 0.6 is 0 Å². The van der Waals surface area contributed by atoms with Crippen LogP contribution in [0.1, 0.15) is 73.1 Å². The molecule has 0 spiro atoms. The maximum atomic E-state index is 3.90. The molecular formula is C18H36N2. The Kier molecular flexibility index (Phi) is 5.53. The summed E-state index contributed by atoms with van der Waals surface area (Å²) >= 11 is 0. The van der Waals surface area contributed by atoms with Gasteiger partial charge in [0.05, 0.1) is 0 Å². The Balaban J connectivity index is 2.14. The summed E-state index contributed by atoms with van der Waals surface area (Å²) in [5.41, 5.74) is 0.367. The molecule has 1 heterocycles. The molecule has 0 amide bonds. The predicted molar refractivity (Wildman–Crippen MR) is 88.1 cm³/mol. The first-order chi connectivity index (χ1) is 9.51.